The van der Waals surface area contributed by atoms with Crippen molar-refractivity contribution in [3.63, 3.8) is 0 Å². The minimum Gasteiger partial charge on any atom is -0.454 e. The fourth-order valence-corrected chi connectivity index (χ4v) is 4.63. The number of carbonyl (C=O) groups excluding carboxylic acids is 2. The molecule has 0 unspecified atom stereocenters. The summed E-state index contributed by atoms with van der Waals surface area (Å²) in [5.74, 6) is 0.846. The van der Waals surface area contributed by atoms with Gasteiger partial charge in [-0.25, -0.2) is 0 Å². The Morgan fingerprint density at radius 3 is 2.31 bits per heavy atom. The van der Waals surface area contributed by atoms with Crippen molar-refractivity contribution in [3.8, 4) is 28.4 Å². The fourth-order valence-electron chi connectivity index (χ4n) is 4.63. The van der Waals surface area contributed by atoms with Gasteiger partial charge in [0.1, 0.15) is 5.69 Å². The Hall–Kier alpha value is -4.60. The second kappa shape index (κ2) is 8.56. The summed E-state index contributed by atoms with van der Waals surface area (Å²) in [6.45, 7) is 1.69. The van der Waals surface area contributed by atoms with E-state index in [4.69, 9.17) is 9.47 Å². The number of aromatic nitrogens is 3. The number of hydrogen-bond acceptors (Lipinski definition) is 6. The molecule has 0 aromatic heterocycles. The smallest absolute Gasteiger partial charge is 0.282 e. The maximum Gasteiger partial charge on any atom is 0.282 e. The van der Waals surface area contributed by atoms with Crippen molar-refractivity contribution in [1.82, 2.24) is 24.1 Å². The van der Waals surface area contributed by atoms with Crippen LogP contribution in [-0.2, 0) is 7.05 Å². The van der Waals surface area contributed by atoms with Crippen LogP contribution in [0.15, 0.2) is 65.7 Å². The summed E-state index contributed by atoms with van der Waals surface area (Å²) < 4.78 is 13.7. The number of benzene rings is 2. The molecule has 2 amide bonds. The predicted molar refractivity (Wildman–Crippen MR) is 130 cm³/mol. The fraction of sp³-hybridized carbons (Fsp3) is 0.231. The van der Waals surface area contributed by atoms with Crippen LogP contribution in [0.3, 0.4) is 0 Å². The van der Waals surface area contributed by atoms with E-state index < -0.39 is 0 Å². The largest absolute Gasteiger partial charge is 0.454 e. The zero-order chi connectivity index (χ0) is 24.8. The number of fused-ring (bicyclic) bond motifs is 2. The molecule has 4 aliphatic heterocycles. The van der Waals surface area contributed by atoms with Gasteiger partial charge in [0.25, 0.3) is 17.4 Å². The van der Waals surface area contributed by atoms with Crippen LogP contribution in [0.2, 0.25) is 0 Å². The number of hydrogen-bond donors (Lipinski definition) is 0. The molecule has 4 aliphatic rings. The molecular weight excluding hydrogens is 462 g/mol. The minimum absolute atomic E-state index is 0.119. The molecule has 0 bridgehead atoms. The summed E-state index contributed by atoms with van der Waals surface area (Å²) in [7, 11) is 1.78. The molecule has 0 spiro atoms. The lowest BCUT2D eigenvalue weighted by Gasteiger charge is -2.35. The second-order valence-corrected chi connectivity index (χ2v) is 8.80. The third-order valence-electron chi connectivity index (χ3n) is 6.50. The number of ether oxygens (including phenoxy) is 2. The molecule has 1 saturated heterocycles. The maximum atomic E-state index is 13.5. The molecular formula is C26H23N5O5. The van der Waals surface area contributed by atoms with Gasteiger partial charge in [-0.1, -0.05) is 18.2 Å². The van der Waals surface area contributed by atoms with E-state index in [1.54, 1.807) is 64.1 Å². The Morgan fingerprint density at radius 1 is 0.861 bits per heavy atom. The Kier molecular flexibility index (Phi) is 5.21. The lowest BCUT2D eigenvalue weighted by Crippen LogP contribution is -2.50. The molecule has 36 heavy (non-hydrogen) atoms. The van der Waals surface area contributed by atoms with Crippen molar-refractivity contribution < 1.29 is 19.1 Å². The molecule has 0 atom stereocenters. The van der Waals surface area contributed by atoms with Crippen LogP contribution < -0.4 is 15.0 Å². The van der Waals surface area contributed by atoms with E-state index in [1.165, 1.54) is 4.68 Å². The first-order valence-electron chi connectivity index (χ1n) is 11.6. The molecule has 10 heteroatoms. The van der Waals surface area contributed by atoms with Gasteiger partial charge in [-0.3, -0.25) is 14.4 Å². The van der Waals surface area contributed by atoms with Gasteiger partial charge in [-0.15, -0.1) is 0 Å². The van der Waals surface area contributed by atoms with Crippen molar-refractivity contribution in [2.45, 2.75) is 0 Å². The zero-order valence-electron chi connectivity index (χ0n) is 19.6. The topological polar surface area (TPSA) is 98.9 Å². The Morgan fingerprint density at radius 2 is 1.56 bits per heavy atom. The van der Waals surface area contributed by atoms with Crippen LogP contribution in [0.1, 0.15) is 20.7 Å². The van der Waals surface area contributed by atoms with Gasteiger partial charge in [-0.2, -0.15) is 9.78 Å². The molecule has 6 rings (SSSR count). The van der Waals surface area contributed by atoms with E-state index in [2.05, 4.69) is 5.10 Å². The molecule has 2 aromatic rings. The normalized spacial score (nSPS) is 14.9. The van der Waals surface area contributed by atoms with Crippen LogP contribution in [0.4, 0.5) is 0 Å². The number of aryl methyl sites for hydroxylation is 1. The van der Waals surface area contributed by atoms with Crippen molar-refractivity contribution in [1.29, 1.82) is 0 Å². The number of para-hydroxylation sites is 1. The number of amides is 2. The van der Waals surface area contributed by atoms with Crippen LogP contribution in [-0.4, -0.2) is 68.9 Å². The van der Waals surface area contributed by atoms with Gasteiger partial charge in [-0.05, 0) is 30.3 Å². The van der Waals surface area contributed by atoms with Crippen molar-refractivity contribution in [3.05, 3.63) is 82.4 Å². The number of piperazine rings is 1. The molecule has 2 aromatic carbocycles. The highest BCUT2D eigenvalue weighted by molar-refractivity contribution is 6.00. The average molecular weight is 486 g/mol. The second-order valence-electron chi connectivity index (χ2n) is 8.80. The summed E-state index contributed by atoms with van der Waals surface area (Å²) in [5, 5.41) is 4.51. The van der Waals surface area contributed by atoms with Crippen LogP contribution in [0, 0.1) is 0 Å². The average Bonchev–Trinajstić information content (AvgIpc) is 3.52. The first-order valence-corrected chi connectivity index (χ1v) is 11.6. The molecule has 10 nitrogen and oxygen atoms in total. The van der Waals surface area contributed by atoms with Crippen LogP contribution in [0.25, 0.3) is 16.9 Å². The molecule has 1 fully saturated rings. The highest BCUT2D eigenvalue weighted by Gasteiger charge is 2.30. The highest BCUT2D eigenvalue weighted by atomic mass is 16.7. The van der Waals surface area contributed by atoms with Crippen molar-refractivity contribution in [2.75, 3.05) is 33.0 Å². The van der Waals surface area contributed by atoms with Crippen molar-refractivity contribution >= 4 is 11.8 Å². The lowest BCUT2D eigenvalue weighted by atomic mass is 10.1. The molecule has 4 heterocycles. The first-order chi connectivity index (χ1) is 17.5. The van der Waals surface area contributed by atoms with E-state index in [0.29, 0.717) is 65.7 Å². The zero-order valence-corrected chi connectivity index (χ0v) is 19.6. The third kappa shape index (κ3) is 3.67. The summed E-state index contributed by atoms with van der Waals surface area (Å²) in [6.07, 6.45) is 3.37. The number of nitrogens with zero attached hydrogens (tertiary/aromatic N) is 5. The van der Waals surface area contributed by atoms with E-state index in [9.17, 15) is 14.4 Å². The van der Waals surface area contributed by atoms with E-state index in [0.717, 1.165) is 0 Å². The Balaban J connectivity index is 1.22. The van der Waals surface area contributed by atoms with Gasteiger partial charge in [0.2, 0.25) is 6.79 Å². The predicted octanol–water partition coefficient (Wildman–Crippen LogP) is 2.00. The summed E-state index contributed by atoms with van der Waals surface area (Å²) in [5.41, 5.74) is 1.98. The monoisotopic (exact) mass is 485 g/mol. The molecule has 0 aliphatic carbocycles. The summed E-state index contributed by atoms with van der Waals surface area (Å²) in [6, 6.07) is 14.3. The quantitative estimate of drug-likeness (QED) is 0.440. The van der Waals surface area contributed by atoms with Crippen LogP contribution >= 0.6 is 0 Å². The van der Waals surface area contributed by atoms with Gasteiger partial charge in [0.15, 0.2) is 11.5 Å². The summed E-state index contributed by atoms with van der Waals surface area (Å²) in [4.78, 5) is 43.0. The SMILES string of the molecule is Cn1cc(C(=O)N2CCN(C(=O)c3ccc4c(c3)OCO4)CC2)c2nn(-c3ccccc3)c(=O)c-2c1. The number of carbonyl (C=O) groups is 2. The van der Waals surface area contributed by atoms with Gasteiger partial charge in [0.05, 0.1) is 16.8 Å². The summed E-state index contributed by atoms with van der Waals surface area (Å²) >= 11 is 0. The standard InChI is InChI=1S/C26H23N5O5/c1-28-14-19(23-20(15-28)26(34)31(27-23)18-5-3-2-4-6-18)25(33)30-11-9-29(10-12-30)24(32)17-7-8-21-22(13-17)36-16-35-21/h2-8,13-15H,9-12,16H2,1H3. The third-order valence-corrected chi connectivity index (χ3v) is 6.50. The minimum atomic E-state index is -0.277. The van der Waals surface area contributed by atoms with Gasteiger partial charge < -0.3 is 23.8 Å². The number of rotatable bonds is 3. The first kappa shape index (κ1) is 21.9. The lowest BCUT2D eigenvalue weighted by molar-refractivity contribution is 0.0535. The molecule has 182 valence electrons. The van der Waals surface area contributed by atoms with Crippen molar-refractivity contribution in [2.24, 2.45) is 7.05 Å². The van der Waals surface area contributed by atoms with E-state index in [-0.39, 0.29) is 24.2 Å². The van der Waals surface area contributed by atoms with Gasteiger partial charge in [0, 0.05) is 51.2 Å². The molecule has 0 saturated carbocycles. The maximum absolute atomic E-state index is 13.5. The van der Waals surface area contributed by atoms with E-state index in [1.807, 2.05) is 18.2 Å². The van der Waals surface area contributed by atoms with Crippen LogP contribution in [0.5, 0.6) is 11.5 Å². The molecule has 0 radical (unpaired) electrons. The number of pyridine rings is 1. The molecule has 0 N–H and O–H groups in total. The Labute approximate surface area is 206 Å². The Bertz CT molecular complexity index is 1500. The van der Waals surface area contributed by atoms with E-state index >= 15 is 0 Å². The van der Waals surface area contributed by atoms with Gasteiger partial charge >= 0.3 is 0 Å². The highest BCUT2D eigenvalue weighted by Crippen LogP contribution is 2.33.